The molecule has 0 unspecified atom stereocenters. The number of hydrogen-bond donors (Lipinski definition) is 1. The molecule has 0 radical (unpaired) electrons. The van der Waals surface area contributed by atoms with Gasteiger partial charge in [0.05, 0.1) is 0 Å². The highest BCUT2D eigenvalue weighted by atomic mass is 14.8. The highest BCUT2D eigenvalue weighted by molar-refractivity contribution is 5.93. The Labute approximate surface area is 100 Å². The molecule has 0 aliphatic carbocycles. The Bertz CT molecular complexity index is 653. The second kappa shape index (κ2) is 4.06. The van der Waals surface area contributed by atoms with Gasteiger partial charge in [0.2, 0.25) is 0 Å². The van der Waals surface area contributed by atoms with Crippen LogP contribution in [0, 0.1) is 0 Å². The number of nitrogens with one attached hydrogen (secondary N) is 1. The molecule has 0 fully saturated rings. The summed E-state index contributed by atoms with van der Waals surface area (Å²) in [7, 11) is 0. The third kappa shape index (κ3) is 1.72. The highest BCUT2D eigenvalue weighted by Crippen LogP contribution is 2.27. The number of rotatable bonds is 2. The molecule has 0 aliphatic rings. The molecule has 0 bridgehead atoms. The first-order valence-corrected chi connectivity index (χ1v) is 5.90. The first-order valence-electron chi connectivity index (χ1n) is 5.90. The number of aromatic nitrogens is 2. The van der Waals surface area contributed by atoms with Crippen molar-refractivity contribution in [2.24, 2.45) is 0 Å². The lowest BCUT2D eigenvalue weighted by Crippen LogP contribution is -1.81. The second-order valence-corrected chi connectivity index (χ2v) is 4.16. The number of aromatic amines is 1. The van der Waals surface area contributed by atoms with Gasteiger partial charge >= 0.3 is 0 Å². The molecule has 0 atom stereocenters. The quantitative estimate of drug-likeness (QED) is 0.702. The van der Waals surface area contributed by atoms with E-state index >= 15 is 0 Å². The molecule has 1 N–H and O–H groups in total. The van der Waals surface area contributed by atoms with Crippen LogP contribution in [0.1, 0.15) is 12.5 Å². The molecule has 0 saturated heterocycles. The van der Waals surface area contributed by atoms with Crippen molar-refractivity contribution in [2.75, 3.05) is 0 Å². The molecule has 2 nitrogen and oxygen atoms in total. The summed E-state index contributed by atoms with van der Waals surface area (Å²) in [5.74, 6) is 0. The Morgan fingerprint density at radius 3 is 3.00 bits per heavy atom. The topological polar surface area (TPSA) is 28.7 Å². The molecule has 0 saturated carbocycles. The molecule has 3 aromatic rings. The first kappa shape index (κ1) is 10.1. The van der Waals surface area contributed by atoms with Crippen molar-refractivity contribution >= 4 is 11.0 Å². The van der Waals surface area contributed by atoms with Gasteiger partial charge in [-0.1, -0.05) is 31.2 Å². The van der Waals surface area contributed by atoms with Crippen LogP contribution in [0.2, 0.25) is 0 Å². The molecular weight excluding hydrogens is 208 g/mol. The molecule has 0 aliphatic heterocycles. The van der Waals surface area contributed by atoms with Gasteiger partial charge in [-0.05, 0) is 29.7 Å². The van der Waals surface area contributed by atoms with E-state index in [2.05, 4.69) is 47.2 Å². The lowest BCUT2D eigenvalue weighted by atomic mass is 10.0. The summed E-state index contributed by atoms with van der Waals surface area (Å²) in [6.45, 7) is 2.18. The molecule has 17 heavy (non-hydrogen) atoms. The Kier molecular flexibility index (Phi) is 2.41. The zero-order valence-electron chi connectivity index (χ0n) is 9.77. The van der Waals surface area contributed by atoms with E-state index in [9.17, 15) is 0 Å². The van der Waals surface area contributed by atoms with Crippen LogP contribution < -0.4 is 0 Å². The molecule has 84 valence electrons. The van der Waals surface area contributed by atoms with Crippen molar-refractivity contribution in [2.45, 2.75) is 13.3 Å². The van der Waals surface area contributed by atoms with Gasteiger partial charge < -0.3 is 4.98 Å². The lowest BCUT2D eigenvalue weighted by Gasteiger charge is -2.02. The maximum Gasteiger partial charge on any atom is 0.137 e. The van der Waals surface area contributed by atoms with E-state index in [1.807, 2.05) is 18.5 Å². The van der Waals surface area contributed by atoms with Crippen molar-refractivity contribution in [3.05, 3.63) is 54.4 Å². The van der Waals surface area contributed by atoms with Crippen molar-refractivity contribution in [3.8, 4) is 11.1 Å². The van der Waals surface area contributed by atoms with Gasteiger partial charge in [-0.15, -0.1) is 0 Å². The van der Waals surface area contributed by atoms with Crippen molar-refractivity contribution in [1.82, 2.24) is 9.97 Å². The molecule has 3 rings (SSSR count). The fourth-order valence-electron chi connectivity index (χ4n) is 2.15. The van der Waals surface area contributed by atoms with E-state index in [1.54, 1.807) is 0 Å². The van der Waals surface area contributed by atoms with Gasteiger partial charge in [0, 0.05) is 23.3 Å². The summed E-state index contributed by atoms with van der Waals surface area (Å²) in [5, 5.41) is 1.18. The van der Waals surface area contributed by atoms with E-state index in [4.69, 9.17) is 0 Å². The van der Waals surface area contributed by atoms with E-state index in [0.29, 0.717) is 0 Å². The van der Waals surface area contributed by atoms with E-state index in [-0.39, 0.29) is 0 Å². The summed E-state index contributed by atoms with van der Waals surface area (Å²) in [4.78, 5) is 7.53. The Hall–Kier alpha value is -2.09. The van der Waals surface area contributed by atoms with Gasteiger partial charge in [0.15, 0.2) is 0 Å². The van der Waals surface area contributed by atoms with Crippen molar-refractivity contribution in [1.29, 1.82) is 0 Å². The number of H-pyrrole nitrogens is 1. The predicted octanol–water partition coefficient (Wildman–Crippen LogP) is 3.79. The summed E-state index contributed by atoms with van der Waals surface area (Å²) in [6, 6.07) is 12.8. The van der Waals surface area contributed by atoms with Crippen molar-refractivity contribution < 1.29 is 0 Å². The summed E-state index contributed by atoms with van der Waals surface area (Å²) in [6.07, 6.45) is 4.91. The Morgan fingerprint density at radius 1 is 1.18 bits per heavy atom. The molecule has 2 heterocycles. The van der Waals surface area contributed by atoms with Gasteiger partial charge in [-0.3, -0.25) is 0 Å². The fraction of sp³-hybridized carbons (Fsp3) is 0.133. The minimum absolute atomic E-state index is 0.949. The zero-order valence-corrected chi connectivity index (χ0v) is 9.77. The monoisotopic (exact) mass is 222 g/mol. The van der Waals surface area contributed by atoms with Crippen LogP contribution in [0.15, 0.2) is 48.8 Å². The average molecular weight is 222 g/mol. The maximum atomic E-state index is 4.31. The number of nitrogens with zero attached hydrogens (tertiary/aromatic N) is 1. The third-order valence-corrected chi connectivity index (χ3v) is 3.10. The van der Waals surface area contributed by atoms with Crippen LogP contribution in [-0.4, -0.2) is 9.97 Å². The fourth-order valence-corrected chi connectivity index (χ4v) is 2.15. The van der Waals surface area contributed by atoms with E-state index in [1.165, 1.54) is 22.1 Å². The standard InChI is InChI=1S/C15H14N2/c1-2-11-5-3-6-12(9-11)14-10-17-15-13(14)7-4-8-16-15/h3-10H,2H2,1H3,(H,16,17). The molecular formula is C15H14N2. The number of benzene rings is 1. The maximum absolute atomic E-state index is 4.31. The smallest absolute Gasteiger partial charge is 0.137 e. The number of fused-ring (bicyclic) bond motifs is 1. The lowest BCUT2D eigenvalue weighted by molar-refractivity contribution is 1.14. The number of hydrogen-bond acceptors (Lipinski definition) is 1. The molecule has 0 amide bonds. The largest absolute Gasteiger partial charge is 0.346 e. The Morgan fingerprint density at radius 2 is 2.12 bits per heavy atom. The molecule has 2 aromatic heterocycles. The van der Waals surface area contributed by atoms with E-state index in [0.717, 1.165) is 12.1 Å². The van der Waals surface area contributed by atoms with Crippen LogP contribution >= 0.6 is 0 Å². The van der Waals surface area contributed by atoms with Gasteiger partial charge in [-0.2, -0.15) is 0 Å². The summed E-state index contributed by atoms with van der Waals surface area (Å²) >= 11 is 0. The average Bonchev–Trinajstić information content (AvgIpc) is 2.82. The van der Waals surface area contributed by atoms with Crippen LogP contribution in [0.25, 0.3) is 22.2 Å². The second-order valence-electron chi connectivity index (χ2n) is 4.16. The van der Waals surface area contributed by atoms with Crippen molar-refractivity contribution in [3.63, 3.8) is 0 Å². The minimum Gasteiger partial charge on any atom is -0.346 e. The molecule has 0 spiro atoms. The van der Waals surface area contributed by atoms with Gasteiger partial charge in [0.1, 0.15) is 5.65 Å². The van der Waals surface area contributed by atoms with E-state index < -0.39 is 0 Å². The van der Waals surface area contributed by atoms with Gasteiger partial charge in [0.25, 0.3) is 0 Å². The van der Waals surface area contributed by atoms with Crippen LogP contribution in [0.4, 0.5) is 0 Å². The van der Waals surface area contributed by atoms with Gasteiger partial charge in [-0.25, -0.2) is 4.98 Å². The van der Waals surface area contributed by atoms with Crippen LogP contribution in [0.5, 0.6) is 0 Å². The minimum atomic E-state index is 0.949. The third-order valence-electron chi connectivity index (χ3n) is 3.10. The molecule has 2 heteroatoms. The number of aryl methyl sites for hydroxylation is 1. The zero-order chi connectivity index (χ0) is 11.7. The normalized spacial score (nSPS) is 10.9. The summed E-state index contributed by atoms with van der Waals surface area (Å²) in [5.41, 5.74) is 4.79. The number of pyridine rings is 1. The summed E-state index contributed by atoms with van der Waals surface area (Å²) < 4.78 is 0. The van der Waals surface area contributed by atoms with Crippen LogP contribution in [0.3, 0.4) is 0 Å². The predicted molar refractivity (Wildman–Crippen MR) is 70.9 cm³/mol. The van der Waals surface area contributed by atoms with Crippen LogP contribution in [-0.2, 0) is 6.42 Å². The SMILES string of the molecule is CCc1cccc(-c2c[nH]c3ncccc23)c1. The highest BCUT2D eigenvalue weighted by Gasteiger charge is 2.06. The Balaban J connectivity index is 2.20. The molecule has 1 aromatic carbocycles. The first-order chi connectivity index (χ1) is 8.38.